The minimum atomic E-state index is -0.842. The molecule has 19 heavy (non-hydrogen) atoms. The number of nitrogens with zero attached hydrogens (tertiary/aromatic N) is 5. The zero-order valence-electron chi connectivity index (χ0n) is 11.2. The molecule has 7 nitrogen and oxygen atoms in total. The molecule has 1 aliphatic heterocycles. The van der Waals surface area contributed by atoms with Crippen LogP contribution < -0.4 is 4.90 Å². The minimum Gasteiger partial charge on any atom is -0.481 e. The Balaban J connectivity index is 2.05. The van der Waals surface area contributed by atoms with Gasteiger partial charge in [-0.1, -0.05) is 11.8 Å². The van der Waals surface area contributed by atoms with Gasteiger partial charge in [-0.3, -0.25) is 9.36 Å². The Labute approximate surface area is 116 Å². The minimum absolute atomic E-state index is 0.00864. The van der Waals surface area contributed by atoms with E-state index in [0.29, 0.717) is 5.16 Å². The molecule has 1 aliphatic rings. The van der Waals surface area contributed by atoms with Gasteiger partial charge in [-0.05, 0) is 20.0 Å². The average molecular weight is 285 g/mol. The summed E-state index contributed by atoms with van der Waals surface area (Å²) in [6, 6.07) is 0. The number of anilines is 1. The fourth-order valence-electron chi connectivity index (χ4n) is 2.08. The summed E-state index contributed by atoms with van der Waals surface area (Å²) in [4.78, 5) is 15.1. The van der Waals surface area contributed by atoms with Gasteiger partial charge in [-0.15, -0.1) is 10.2 Å². The summed E-state index contributed by atoms with van der Waals surface area (Å²) in [6.45, 7) is 3.98. The van der Waals surface area contributed by atoms with E-state index in [2.05, 4.69) is 27.0 Å². The second-order valence-corrected chi connectivity index (χ2v) is 5.61. The van der Waals surface area contributed by atoms with Crippen LogP contribution in [0.25, 0.3) is 0 Å². The van der Waals surface area contributed by atoms with Crippen LogP contribution in [-0.2, 0) is 11.8 Å². The maximum absolute atomic E-state index is 10.6. The Morgan fingerprint density at radius 2 is 2.05 bits per heavy atom. The molecule has 1 fully saturated rings. The first-order valence-electron chi connectivity index (χ1n) is 6.25. The average Bonchev–Trinajstić information content (AvgIpc) is 2.58. The molecule has 0 aliphatic carbocycles. The van der Waals surface area contributed by atoms with Crippen LogP contribution >= 0.6 is 11.8 Å². The van der Waals surface area contributed by atoms with Gasteiger partial charge in [-0.25, -0.2) is 0 Å². The maximum Gasteiger partial charge on any atom is 0.313 e. The van der Waals surface area contributed by atoms with Crippen LogP contribution in [-0.4, -0.2) is 69.7 Å². The predicted molar refractivity (Wildman–Crippen MR) is 73.7 cm³/mol. The third kappa shape index (κ3) is 3.60. The molecule has 0 radical (unpaired) electrons. The lowest BCUT2D eigenvalue weighted by Crippen LogP contribution is -2.30. The van der Waals surface area contributed by atoms with E-state index in [9.17, 15) is 4.79 Å². The van der Waals surface area contributed by atoms with Crippen molar-refractivity contribution in [3.05, 3.63) is 0 Å². The zero-order chi connectivity index (χ0) is 13.8. The fraction of sp³-hybridized carbons (Fsp3) is 0.727. The van der Waals surface area contributed by atoms with Crippen molar-refractivity contribution in [1.29, 1.82) is 0 Å². The number of likely N-dealkylation sites (N-methyl/N-ethyl adjacent to an activating group) is 1. The molecule has 0 saturated carbocycles. The zero-order valence-corrected chi connectivity index (χ0v) is 12.1. The van der Waals surface area contributed by atoms with Crippen LogP contribution in [0.2, 0.25) is 0 Å². The van der Waals surface area contributed by atoms with E-state index in [1.807, 2.05) is 11.6 Å². The van der Waals surface area contributed by atoms with Crippen LogP contribution in [0.5, 0.6) is 0 Å². The lowest BCUT2D eigenvalue weighted by atomic mass is 10.4. The highest BCUT2D eigenvalue weighted by atomic mass is 32.2. The Hall–Kier alpha value is -1.28. The molecular weight excluding hydrogens is 266 g/mol. The normalized spacial score (nSPS) is 17.5. The van der Waals surface area contributed by atoms with Crippen molar-refractivity contribution >= 4 is 23.7 Å². The SMILES string of the molecule is CN1CCCN(c2nnc(SCC(=O)O)n2C)CC1. The molecule has 0 amide bonds. The van der Waals surface area contributed by atoms with Gasteiger partial charge in [0.1, 0.15) is 0 Å². The molecule has 0 spiro atoms. The van der Waals surface area contributed by atoms with Gasteiger partial charge >= 0.3 is 5.97 Å². The molecule has 1 aromatic heterocycles. The van der Waals surface area contributed by atoms with Crippen molar-refractivity contribution in [3.63, 3.8) is 0 Å². The largest absolute Gasteiger partial charge is 0.481 e. The topological polar surface area (TPSA) is 74.5 Å². The van der Waals surface area contributed by atoms with Crippen molar-refractivity contribution in [2.45, 2.75) is 11.6 Å². The predicted octanol–water partition coefficient (Wildman–Crippen LogP) is 0.134. The van der Waals surface area contributed by atoms with Crippen LogP contribution in [0.1, 0.15) is 6.42 Å². The van der Waals surface area contributed by atoms with Crippen molar-refractivity contribution in [2.75, 3.05) is 43.9 Å². The molecule has 0 aromatic carbocycles. The quantitative estimate of drug-likeness (QED) is 0.788. The number of aromatic nitrogens is 3. The number of hydrogen-bond donors (Lipinski definition) is 1. The van der Waals surface area contributed by atoms with Crippen molar-refractivity contribution < 1.29 is 9.90 Å². The van der Waals surface area contributed by atoms with E-state index in [1.165, 1.54) is 11.8 Å². The number of carbonyl (C=O) groups is 1. The van der Waals surface area contributed by atoms with Crippen LogP contribution in [0, 0.1) is 0 Å². The lowest BCUT2D eigenvalue weighted by Gasteiger charge is -2.20. The summed E-state index contributed by atoms with van der Waals surface area (Å²) >= 11 is 1.20. The molecule has 0 bridgehead atoms. The smallest absolute Gasteiger partial charge is 0.313 e. The van der Waals surface area contributed by atoms with Crippen LogP contribution in [0.4, 0.5) is 5.95 Å². The maximum atomic E-state index is 10.6. The highest BCUT2D eigenvalue weighted by Gasteiger charge is 2.19. The summed E-state index contributed by atoms with van der Waals surface area (Å²) in [5.74, 6) is -0.0107. The van der Waals surface area contributed by atoms with Crippen LogP contribution in [0.3, 0.4) is 0 Å². The van der Waals surface area contributed by atoms with E-state index >= 15 is 0 Å². The van der Waals surface area contributed by atoms with E-state index in [0.717, 1.165) is 38.5 Å². The third-order valence-electron chi connectivity index (χ3n) is 3.14. The number of carboxylic acids is 1. The highest BCUT2D eigenvalue weighted by molar-refractivity contribution is 7.99. The molecule has 2 rings (SSSR count). The first-order valence-corrected chi connectivity index (χ1v) is 7.24. The molecule has 2 heterocycles. The summed E-state index contributed by atoms with van der Waals surface area (Å²) in [6.07, 6.45) is 1.10. The van der Waals surface area contributed by atoms with Crippen molar-refractivity contribution in [2.24, 2.45) is 7.05 Å². The first kappa shape index (κ1) is 14.1. The molecule has 0 unspecified atom stereocenters. The second-order valence-electron chi connectivity index (χ2n) is 4.67. The monoisotopic (exact) mass is 285 g/mol. The first-order chi connectivity index (χ1) is 9.08. The van der Waals surface area contributed by atoms with Gasteiger partial charge in [0.05, 0.1) is 5.75 Å². The Kier molecular flexibility index (Phi) is 4.65. The van der Waals surface area contributed by atoms with E-state index < -0.39 is 5.97 Å². The van der Waals surface area contributed by atoms with Gasteiger partial charge in [0.15, 0.2) is 5.16 Å². The molecule has 8 heteroatoms. The van der Waals surface area contributed by atoms with Gasteiger partial charge in [0, 0.05) is 26.7 Å². The Morgan fingerprint density at radius 3 is 2.79 bits per heavy atom. The number of rotatable bonds is 4. The lowest BCUT2D eigenvalue weighted by molar-refractivity contribution is -0.133. The molecule has 106 valence electrons. The Morgan fingerprint density at radius 1 is 1.26 bits per heavy atom. The number of aliphatic carboxylic acids is 1. The van der Waals surface area contributed by atoms with Crippen molar-refractivity contribution in [3.8, 4) is 0 Å². The fourth-order valence-corrected chi connectivity index (χ4v) is 2.71. The van der Waals surface area contributed by atoms with Gasteiger partial charge in [0.25, 0.3) is 0 Å². The summed E-state index contributed by atoms with van der Waals surface area (Å²) < 4.78 is 1.87. The molecule has 1 N–H and O–H groups in total. The highest BCUT2D eigenvalue weighted by Crippen LogP contribution is 2.20. The van der Waals surface area contributed by atoms with Gasteiger partial charge in [-0.2, -0.15) is 0 Å². The number of thioether (sulfide) groups is 1. The molecule has 1 saturated heterocycles. The number of carboxylic acid groups (broad SMARTS) is 1. The molecule has 0 atom stereocenters. The summed E-state index contributed by atoms with van der Waals surface area (Å²) in [7, 11) is 4.00. The number of hydrogen-bond acceptors (Lipinski definition) is 6. The van der Waals surface area contributed by atoms with Gasteiger partial charge < -0.3 is 14.9 Å². The van der Waals surface area contributed by atoms with E-state index in [-0.39, 0.29) is 5.75 Å². The third-order valence-corrected chi connectivity index (χ3v) is 4.14. The van der Waals surface area contributed by atoms with Crippen LogP contribution in [0.15, 0.2) is 5.16 Å². The summed E-state index contributed by atoms with van der Waals surface area (Å²) in [5, 5.41) is 17.6. The Bertz CT molecular complexity index is 450. The standard InChI is InChI=1S/C11H19N5O2S/c1-14-4-3-5-16(7-6-14)10-12-13-11(15(10)2)19-8-9(17)18/h3-8H2,1-2H3,(H,17,18). The van der Waals surface area contributed by atoms with E-state index in [4.69, 9.17) is 5.11 Å². The molecule has 1 aromatic rings. The summed E-state index contributed by atoms with van der Waals surface area (Å²) in [5.41, 5.74) is 0. The van der Waals surface area contributed by atoms with Gasteiger partial charge in [0.2, 0.25) is 5.95 Å². The van der Waals surface area contributed by atoms with E-state index in [1.54, 1.807) is 0 Å². The molecular formula is C11H19N5O2S. The second kappa shape index (κ2) is 6.25. The van der Waals surface area contributed by atoms with Crippen molar-refractivity contribution in [1.82, 2.24) is 19.7 Å².